The molecule has 0 radical (unpaired) electrons. The summed E-state index contributed by atoms with van der Waals surface area (Å²) in [5, 5.41) is 3.09. The molecule has 34 heavy (non-hydrogen) atoms. The van der Waals surface area contributed by atoms with Gasteiger partial charge in [-0.3, -0.25) is 14.4 Å². The van der Waals surface area contributed by atoms with Crippen LogP contribution in [0.4, 0.5) is 0 Å². The number of nitrogens with zero attached hydrogens (tertiary/aromatic N) is 2. The highest BCUT2D eigenvalue weighted by Crippen LogP contribution is 2.28. The monoisotopic (exact) mass is 485 g/mol. The minimum atomic E-state index is 0.0371. The summed E-state index contributed by atoms with van der Waals surface area (Å²) >= 11 is 1.45. The smallest absolute Gasteiger partial charge is 0.254 e. The number of likely N-dealkylation sites (tertiary alicyclic amines) is 2. The normalized spacial score (nSPS) is 19.9. The minimum Gasteiger partial charge on any atom is -0.355 e. The van der Waals surface area contributed by atoms with Crippen LogP contribution in [-0.2, 0) is 9.59 Å². The van der Waals surface area contributed by atoms with E-state index in [-0.39, 0.29) is 17.7 Å². The molecule has 7 heteroatoms. The molecule has 2 heterocycles. The second-order valence-corrected chi connectivity index (χ2v) is 11.1. The van der Waals surface area contributed by atoms with E-state index >= 15 is 0 Å². The third-order valence-corrected chi connectivity index (χ3v) is 8.69. The first kappa shape index (κ1) is 25.1. The number of carbonyl (C=O) groups is 3. The van der Waals surface area contributed by atoms with Crippen molar-refractivity contribution in [2.75, 3.05) is 38.5 Å². The summed E-state index contributed by atoms with van der Waals surface area (Å²) in [7, 11) is 0. The average molecular weight is 486 g/mol. The quantitative estimate of drug-likeness (QED) is 0.556. The third kappa shape index (κ3) is 7.00. The molecule has 1 N–H and O–H groups in total. The number of amides is 3. The molecular formula is C27H39N3O3S. The van der Waals surface area contributed by atoms with Crippen molar-refractivity contribution in [3.63, 3.8) is 0 Å². The first-order valence-corrected chi connectivity index (χ1v) is 14.1. The Labute approximate surface area is 208 Å². The van der Waals surface area contributed by atoms with Gasteiger partial charge in [-0.25, -0.2) is 0 Å². The summed E-state index contributed by atoms with van der Waals surface area (Å²) in [5.41, 5.74) is 0.680. The fourth-order valence-corrected chi connectivity index (χ4v) is 6.34. The Morgan fingerprint density at radius 3 is 2.26 bits per heavy atom. The fourth-order valence-electron chi connectivity index (χ4n) is 5.47. The molecule has 0 atom stereocenters. The van der Waals surface area contributed by atoms with Gasteiger partial charge >= 0.3 is 0 Å². The number of thioether (sulfide) groups is 1. The molecule has 0 spiro atoms. The standard InChI is InChI=1S/C27H39N3O3S/c31-25(28-19-22-8-2-1-3-9-22)20-34-24-11-5-4-10-23(24)27(33)30-16-12-21(13-17-30)18-26(32)29-14-6-7-15-29/h4-5,10-11,21-22H,1-3,6-9,12-20H2,(H,28,31). The van der Waals surface area contributed by atoms with Crippen LogP contribution in [0.25, 0.3) is 0 Å². The topological polar surface area (TPSA) is 69.7 Å². The molecule has 3 fully saturated rings. The van der Waals surface area contributed by atoms with E-state index in [0.717, 1.165) is 50.2 Å². The van der Waals surface area contributed by atoms with Crippen molar-refractivity contribution in [1.29, 1.82) is 0 Å². The van der Waals surface area contributed by atoms with E-state index in [4.69, 9.17) is 0 Å². The van der Waals surface area contributed by atoms with Gasteiger partial charge in [0.2, 0.25) is 11.8 Å². The van der Waals surface area contributed by atoms with Gasteiger partial charge < -0.3 is 15.1 Å². The molecule has 1 aromatic carbocycles. The van der Waals surface area contributed by atoms with Crippen molar-refractivity contribution in [1.82, 2.24) is 15.1 Å². The van der Waals surface area contributed by atoms with Gasteiger partial charge in [-0.05, 0) is 62.5 Å². The Hall–Kier alpha value is -2.02. The predicted octanol–water partition coefficient (Wildman–Crippen LogP) is 4.34. The highest BCUT2D eigenvalue weighted by Gasteiger charge is 2.28. The number of nitrogens with one attached hydrogen (secondary N) is 1. The molecule has 1 aliphatic carbocycles. The molecule has 3 amide bonds. The van der Waals surface area contributed by atoms with Gasteiger partial charge in [0.05, 0.1) is 11.3 Å². The molecule has 1 saturated carbocycles. The number of rotatable bonds is 8. The molecule has 2 saturated heterocycles. The maximum atomic E-state index is 13.3. The Morgan fingerprint density at radius 2 is 1.53 bits per heavy atom. The Balaban J connectivity index is 1.23. The summed E-state index contributed by atoms with van der Waals surface area (Å²) in [6, 6.07) is 7.62. The predicted molar refractivity (Wildman–Crippen MR) is 136 cm³/mol. The van der Waals surface area contributed by atoms with E-state index in [2.05, 4.69) is 5.32 Å². The van der Waals surface area contributed by atoms with Crippen molar-refractivity contribution in [2.45, 2.75) is 69.1 Å². The van der Waals surface area contributed by atoms with Crippen molar-refractivity contribution in [2.24, 2.45) is 11.8 Å². The Morgan fingerprint density at radius 1 is 0.824 bits per heavy atom. The molecule has 2 aliphatic heterocycles. The number of hydrogen-bond donors (Lipinski definition) is 1. The highest BCUT2D eigenvalue weighted by molar-refractivity contribution is 8.00. The van der Waals surface area contributed by atoms with E-state index in [1.54, 1.807) is 0 Å². The average Bonchev–Trinajstić information content (AvgIpc) is 3.42. The Bertz CT molecular complexity index is 841. The molecule has 186 valence electrons. The number of piperidine rings is 1. The van der Waals surface area contributed by atoms with Crippen molar-refractivity contribution < 1.29 is 14.4 Å². The maximum Gasteiger partial charge on any atom is 0.254 e. The van der Waals surface area contributed by atoms with Crippen molar-refractivity contribution >= 4 is 29.5 Å². The van der Waals surface area contributed by atoms with Gasteiger partial charge in [0.1, 0.15) is 0 Å². The molecule has 3 aliphatic rings. The van der Waals surface area contributed by atoms with Crippen LogP contribution in [0.3, 0.4) is 0 Å². The van der Waals surface area contributed by atoms with E-state index in [0.29, 0.717) is 42.7 Å². The molecule has 0 aromatic heterocycles. The molecule has 0 unspecified atom stereocenters. The lowest BCUT2D eigenvalue weighted by molar-refractivity contribution is -0.131. The van der Waals surface area contributed by atoms with E-state index in [1.165, 1.54) is 43.9 Å². The van der Waals surface area contributed by atoms with Crippen molar-refractivity contribution in [3.05, 3.63) is 29.8 Å². The van der Waals surface area contributed by atoms with E-state index < -0.39 is 0 Å². The zero-order valence-electron chi connectivity index (χ0n) is 20.3. The van der Waals surface area contributed by atoms with Gasteiger partial charge in [-0.2, -0.15) is 0 Å². The summed E-state index contributed by atoms with van der Waals surface area (Å²) in [5.74, 6) is 1.68. The largest absolute Gasteiger partial charge is 0.355 e. The first-order valence-electron chi connectivity index (χ1n) is 13.2. The molecular weight excluding hydrogens is 446 g/mol. The summed E-state index contributed by atoms with van der Waals surface area (Å²) in [6.45, 7) is 3.97. The number of carbonyl (C=O) groups excluding carboxylic acids is 3. The van der Waals surface area contributed by atoms with Gasteiger partial charge in [0, 0.05) is 44.0 Å². The van der Waals surface area contributed by atoms with E-state index in [1.807, 2.05) is 34.1 Å². The molecule has 6 nitrogen and oxygen atoms in total. The zero-order valence-corrected chi connectivity index (χ0v) is 21.1. The van der Waals surface area contributed by atoms with Crippen LogP contribution in [0.15, 0.2) is 29.2 Å². The van der Waals surface area contributed by atoms with Gasteiger partial charge in [-0.15, -0.1) is 11.8 Å². The lowest BCUT2D eigenvalue weighted by atomic mass is 9.89. The first-order chi connectivity index (χ1) is 16.6. The van der Waals surface area contributed by atoms with Crippen molar-refractivity contribution in [3.8, 4) is 0 Å². The highest BCUT2D eigenvalue weighted by atomic mass is 32.2. The van der Waals surface area contributed by atoms with Crippen LogP contribution < -0.4 is 5.32 Å². The second-order valence-electron chi connectivity index (χ2n) is 10.1. The van der Waals surface area contributed by atoms with Gasteiger partial charge in [0.15, 0.2) is 0 Å². The molecule has 1 aromatic rings. The van der Waals surface area contributed by atoms with Gasteiger partial charge in [0.25, 0.3) is 5.91 Å². The fraction of sp³-hybridized carbons (Fsp3) is 0.667. The van der Waals surface area contributed by atoms with Crippen LogP contribution in [0.5, 0.6) is 0 Å². The maximum absolute atomic E-state index is 13.3. The SMILES string of the molecule is O=C(CSc1ccccc1C(=O)N1CCC(CC(=O)N2CCCC2)CC1)NCC1CCCCC1. The van der Waals surface area contributed by atoms with Crippen LogP contribution in [0, 0.1) is 11.8 Å². The lowest BCUT2D eigenvalue weighted by Crippen LogP contribution is -2.40. The van der Waals surface area contributed by atoms with E-state index in [9.17, 15) is 14.4 Å². The third-order valence-electron chi connectivity index (χ3n) is 7.61. The Kier molecular flexibility index (Phi) is 9.31. The van der Waals surface area contributed by atoms with Gasteiger partial charge in [-0.1, -0.05) is 31.4 Å². The second kappa shape index (κ2) is 12.6. The summed E-state index contributed by atoms with van der Waals surface area (Å²) in [6.07, 6.45) is 10.9. The molecule has 4 rings (SSSR count). The lowest BCUT2D eigenvalue weighted by Gasteiger charge is -2.32. The zero-order chi connectivity index (χ0) is 23.8. The summed E-state index contributed by atoms with van der Waals surface area (Å²) in [4.78, 5) is 42.9. The minimum absolute atomic E-state index is 0.0371. The summed E-state index contributed by atoms with van der Waals surface area (Å²) < 4.78 is 0. The van der Waals surface area contributed by atoms with Crippen LogP contribution in [-0.4, -0.2) is 66.0 Å². The number of hydrogen-bond acceptors (Lipinski definition) is 4. The molecule has 0 bridgehead atoms. The van der Waals surface area contributed by atoms with Crippen LogP contribution >= 0.6 is 11.8 Å². The number of benzene rings is 1. The van der Waals surface area contributed by atoms with Crippen LogP contribution in [0.2, 0.25) is 0 Å². The van der Waals surface area contributed by atoms with Crippen LogP contribution in [0.1, 0.15) is 74.6 Å².